The van der Waals surface area contributed by atoms with Crippen molar-refractivity contribution in [1.82, 2.24) is 20.0 Å². The summed E-state index contributed by atoms with van der Waals surface area (Å²) in [5.41, 5.74) is 5.40. The lowest BCUT2D eigenvalue weighted by atomic mass is 10.1. The Morgan fingerprint density at radius 3 is 2.24 bits per heavy atom. The summed E-state index contributed by atoms with van der Waals surface area (Å²) in [6.07, 6.45) is 0. The first-order valence-electron chi connectivity index (χ1n) is 10.0. The van der Waals surface area contributed by atoms with Crippen LogP contribution in [0.5, 0.6) is 0 Å². The van der Waals surface area contributed by atoms with Gasteiger partial charge in [-0.3, -0.25) is 9.69 Å². The van der Waals surface area contributed by atoms with Crippen LogP contribution in [0.3, 0.4) is 0 Å². The highest BCUT2D eigenvalue weighted by molar-refractivity contribution is 5.81. The van der Waals surface area contributed by atoms with Gasteiger partial charge in [-0.25, -0.2) is 4.68 Å². The fourth-order valence-electron chi connectivity index (χ4n) is 3.47. The Bertz CT molecular complexity index is 950. The monoisotopic (exact) mass is 390 g/mol. The molecule has 2 aromatic carbocycles. The summed E-state index contributed by atoms with van der Waals surface area (Å²) >= 11 is 0. The van der Waals surface area contributed by atoms with Crippen molar-refractivity contribution in [2.24, 2.45) is 0 Å². The first-order valence-corrected chi connectivity index (χ1v) is 10.0. The second-order valence-corrected chi connectivity index (χ2v) is 7.63. The number of para-hydroxylation sites is 1. The van der Waals surface area contributed by atoms with Gasteiger partial charge in [-0.05, 0) is 52.4 Å². The zero-order valence-corrected chi connectivity index (χ0v) is 17.9. The third-order valence-corrected chi connectivity index (χ3v) is 5.55. The number of aryl methyl sites for hydroxylation is 1. The largest absolute Gasteiger partial charge is 0.348 e. The van der Waals surface area contributed by atoms with E-state index < -0.39 is 0 Å². The van der Waals surface area contributed by atoms with Crippen molar-refractivity contribution in [3.8, 4) is 5.69 Å². The summed E-state index contributed by atoms with van der Waals surface area (Å²) in [6, 6.07) is 19.9. The lowest BCUT2D eigenvalue weighted by Crippen LogP contribution is -2.43. The predicted octanol–water partition coefficient (Wildman–Crippen LogP) is 4.19. The molecule has 0 saturated heterocycles. The highest BCUT2D eigenvalue weighted by Gasteiger charge is 2.22. The number of nitrogens with one attached hydrogen (secondary N) is 1. The van der Waals surface area contributed by atoms with Crippen molar-refractivity contribution in [3.05, 3.63) is 83.2 Å². The molecule has 29 heavy (non-hydrogen) atoms. The van der Waals surface area contributed by atoms with Crippen molar-refractivity contribution < 1.29 is 4.79 Å². The highest BCUT2D eigenvalue weighted by atomic mass is 16.2. The van der Waals surface area contributed by atoms with Crippen LogP contribution in [0, 0.1) is 13.8 Å². The lowest BCUT2D eigenvalue weighted by Gasteiger charge is -2.26. The van der Waals surface area contributed by atoms with E-state index in [-0.39, 0.29) is 18.0 Å². The minimum absolute atomic E-state index is 0.0228. The fourth-order valence-corrected chi connectivity index (χ4v) is 3.47. The fraction of sp³-hybridized carbons (Fsp3) is 0.333. The summed E-state index contributed by atoms with van der Waals surface area (Å²) in [5.74, 6) is 0.0228. The smallest absolute Gasteiger partial charge is 0.237 e. The number of carbonyl (C=O) groups is 1. The molecule has 0 radical (unpaired) electrons. The summed E-state index contributed by atoms with van der Waals surface area (Å²) < 4.78 is 1.97. The van der Waals surface area contributed by atoms with Gasteiger partial charge in [0.15, 0.2) is 0 Å². The molecule has 3 aromatic rings. The summed E-state index contributed by atoms with van der Waals surface area (Å²) in [5, 5.41) is 7.84. The van der Waals surface area contributed by atoms with Gasteiger partial charge in [0, 0.05) is 17.8 Å². The lowest BCUT2D eigenvalue weighted by molar-refractivity contribution is -0.126. The first-order chi connectivity index (χ1) is 13.9. The van der Waals surface area contributed by atoms with Gasteiger partial charge in [0.25, 0.3) is 0 Å². The molecule has 0 bridgehead atoms. The van der Waals surface area contributed by atoms with E-state index in [1.807, 2.05) is 93.2 Å². The average Bonchev–Trinajstić information content (AvgIpc) is 3.02. The summed E-state index contributed by atoms with van der Waals surface area (Å²) in [7, 11) is 1.98. The van der Waals surface area contributed by atoms with Crippen molar-refractivity contribution in [1.29, 1.82) is 0 Å². The van der Waals surface area contributed by atoms with Crippen LogP contribution >= 0.6 is 0 Å². The average molecular weight is 391 g/mol. The van der Waals surface area contributed by atoms with Gasteiger partial charge < -0.3 is 5.32 Å². The van der Waals surface area contributed by atoms with Crippen LogP contribution in [-0.2, 0) is 11.3 Å². The Morgan fingerprint density at radius 2 is 1.62 bits per heavy atom. The Hall–Kier alpha value is -2.92. The number of aromatic nitrogens is 2. The first kappa shape index (κ1) is 20.8. The van der Waals surface area contributed by atoms with Crippen LogP contribution in [0.25, 0.3) is 5.69 Å². The maximum Gasteiger partial charge on any atom is 0.237 e. The van der Waals surface area contributed by atoms with Gasteiger partial charge in [-0.15, -0.1) is 0 Å². The summed E-state index contributed by atoms with van der Waals surface area (Å²) in [4.78, 5) is 14.9. The molecule has 152 valence electrons. The maximum absolute atomic E-state index is 12.8. The number of amides is 1. The van der Waals surface area contributed by atoms with Gasteiger partial charge in [-0.1, -0.05) is 48.5 Å². The zero-order valence-electron chi connectivity index (χ0n) is 17.9. The van der Waals surface area contributed by atoms with Crippen molar-refractivity contribution >= 4 is 5.91 Å². The van der Waals surface area contributed by atoms with Crippen LogP contribution in [-0.4, -0.2) is 33.7 Å². The molecule has 0 saturated carbocycles. The van der Waals surface area contributed by atoms with Crippen LogP contribution in [0.1, 0.15) is 42.4 Å². The van der Waals surface area contributed by atoms with Crippen LogP contribution in [0.15, 0.2) is 60.7 Å². The molecule has 1 heterocycles. The van der Waals surface area contributed by atoms with Crippen LogP contribution < -0.4 is 5.32 Å². The maximum atomic E-state index is 12.8. The van der Waals surface area contributed by atoms with Gasteiger partial charge in [0.1, 0.15) is 0 Å². The Morgan fingerprint density at radius 1 is 1.03 bits per heavy atom. The van der Waals surface area contributed by atoms with E-state index in [4.69, 9.17) is 5.10 Å². The third kappa shape index (κ3) is 4.74. The van der Waals surface area contributed by atoms with Gasteiger partial charge in [0.2, 0.25) is 5.91 Å². The SMILES string of the molecule is Cc1nn(-c2ccccc2)c(C)c1CN(C)C(C)C(=O)NC(C)c1ccccc1. The molecule has 3 rings (SSSR count). The second kappa shape index (κ2) is 9.05. The van der Waals surface area contributed by atoms with Gasteiger partial charge >= 0.3 is 0 Å². The van der Waals surface area contributed by atoms with E-state index in [0.29, 0.717) is 6.54 Å². The molecule has 2 atom stereocenters. The third-order valence-electron chi connectivity index (χ3n) is 5.55. The number of rotatable bonds is 7. The molecule has 0 spiro atoms. The number of nitrogens with zero attached hydrogens (tertiary/aromatic N) is 3. The molecule has 1 amide bonds. The van der Waals surface area contributed by atoms with E-state index in [2.05, 4.69) is 17.1 Å². The van der Waals surface area contributed by atoms with E-state index in [1.54, 1.807) is 0 Å². The Labute approximate surface area is 173 Å². The van der Waals surface area contributed by atoms with E-state index in [9.17, 15) is 4.79 Å². The number of benzene rings is 2. The molecular formula is C24H30N4O. The molecule has 1 aromatic heterocycles. The number of hydrogen-bond donors (Lipinski definition) is 1. The molecule has 0 fully saturated rings. The van der Waals surface area contributed by atoms with Crippen LogP contribution in [0.4, 0.5) is 0 Å². The predicted molar refractivity (Wildman–Crippen MR) is 117 cm³/mol. The Balaban J connectivity index is 1.69. The molecule has 1 N–H and O–H groups in total. The molecule has 5 heteroatoms. The van der Waals surface area contributed by atoms with Gasteiger partial charge in [-0.2, -0.15) is 5.10 Å². The number of carbonyl (C=O) groups excluding carboxylic acids is 1. The minimum Gasteiger partial charge on any atom is -0.348 e. The van der Waals surface area contributed by atoms with E-state index in [1.165, 1.54) is 0 Å². The normalized spacial score (nSPS) is 13.3. The van der Waals surface area contributed by atoms with Crippen molar-refractivity contribution in [2.45, 2.75) is 46.3 Å². The Kier molecular flexibility index (Phi) is 6.49. The topological polar surface area (TPSA) is 50.2 Å². The quantitative estimate of drug-likeness (QED) is 0.658. The van der Waals surface area contributed by atoms with Gasteiger partial charge in [0.05, 0.1) is 23.5 Å². The molecule has 0 aliphatic rings. The zero-order chi connectivity index (χ0) is 21.0. The molecular weight excluding hydrogens is 360 g/mol. The second-order valence-electron chi connectivity index (χ2n) is 7.63. The number of likely N-dealkylation sites (N-methyl/N-ethyl adjacent to an activating group) is 1. The van der Waals surface area contributed by atoms with Crippen LogP contribution in [0.2, 0.25) is 0 Å². The molecule has 0 aliphatic heterocycles. The van der Waals surface area contributed by atoms with E-state index in [0.717, 1.165) is 28.2 Å². The molecule has 0 aliphatic carbocycles. The van der Waals surface area contributed by atoms with Crippen molar-refractivity contribution in [2.75, 3.05) is 7.05 Å². The summed E-state index contributed by atoms with van der Waals surface area (Å²) in [6.45, 7) is 8.73. The van der Waals surface area contributed by atoms with Crippen molar-refractivity contribution in [3.63, 3.8) is 0 Å². The number of hydrogen-bond acceptors (Lipinski definition) is 3. The van der Waals surface area contributed by atoms with E-state index >= 15 is 0 Å². The molecule has 5 nitrogen and oxygen atoms in total. The minimum atomic E-state index is -0.250. The molecule has 2 unspecified atom stereocenters. The standard InChI is InChI=1S/C24H30N4O/c1-17(21-12-8-6-9-13-21)25-24(29)20(4)27(5)16-23-18(2)26-28(19(23)3)22-14-10-7-11-15-22/h6-15,17,20H,16H2,1-5H3,(H,25,29). The highest BCUT2D eigenvalue weighted by Crippen LogP contribution is 2.20.